The van der Waals surface area contributed by atoms with Crippen molar-refractivity contribution < 1.29 is 9.47 Å². The van der Waals surface area contributed by atoms with Gasteiger partial charge in [-0.15, -0.1) is 0 Å². The van der Waals surface area contributed by atoms with Gasteiger partial charge in [0.15, 0.2) is 6.29 Å². The lowest BCUT2D eigenvalue weighted by atomic mass is 9.98. The second-order valence-electron chi connectivity index (χ2n) is 5.07. The molecule has 0 saturated carbocycles. The number of allylic oxidation sites excluding steroid dienone is 2. The van der Waals surface area contributed by atoms with Crippen LogP contribution in [0.1, 0.15) is 32.8 Å². The Kier molecular flexibility index (Phi) is 4.43. The highest BCUT2D eigenvalue weighted by molar-refractivity contribution is 5.33. The minimum Gasteiger partial charge on any atom is -0.465 e. The fraction of sp³-hybridized carbons (Fsp3) is 0.412. The van der Waals surface area contributed by atoms with Crippen LogP contribution in [0.2, 0.25) is 0 Å². The zero-order valence-corrected chi connectivity index (χ0v) is 11.9. The molecule has 0 spiro atoms. The minimum absolute atomic E-state index is 0.269. The van der Waals surface area contributed by atoms with Crippen molar-refractivity contribution in [3.63, 3.8) is 0 Å². The third kappa shape index (κ3) is 3.71. The van der Waals surface area contributed by atoms with E-state index < -0.39 is 0 Å². The summed E-state index contributed by atoms with van der Waals surface area (Å²) in [5.41, 5.74) is 0.942. The van der Waals surface area contributed by atoms with Crippen LogP contribution < -0.4 is 4.74 Å². The van der Waals surface area contributed by atoms with Crippen molar-refractivity contribution in [2.24, 2.45) is 0 Å². The van der Waals surface area contributed by atoms with Gasteiger partial charge < -0.3 is 9.47 Å². The van der Waals surface area contributed by atoms with Crippen molar-refractivity contribution in [1.82, 2.24) is 0 Å². The number of hydrogen-bond donors (Lipinski definition) is 0. The molecule has 0 fully saturated rings. The van der Waals surface area contributed by atoms with Crippen LogP contribution in [0.3, 0.4) is 0 Å². The average Bonchev–Trinajstić information content (AvgIpc) is 2.39. The molecular formula is C17H22O2. The molecule has 0 heterocycles. The molecule has 0 amide bonds. The summed E-state index contributed by atoms with van der Waals surface area (Å²) in [5, 5.41) is 0. The highest BCUT2D eigenvalue weighted by Gasteiger charge is 2.25. The second kappa shape index (κ2) is 6.07. The van der Waals surface area contributed by atoms with Gasteiger partial charge in [0.25, 0.3) is 0 Å². The lowest BCUT2D eigenvalue weighted by molar-refractivity contribution is -0.134. The van der Waals surface area contributed by atoms with Crippen molar-refractivity contribution in [3.05, 3.63) is 54.1 Å². The van der Waals surface area contributed by atoms with Crippen molar-refractivity contribution in [2.75, 3.05) is 0 Å². The Morgan fingerprint density at radius 3 is 2.74 bits per heavy atom. The van der Waals surface area contributed by atoms with Crippen LogP contribution in [-0.2, 0) is 11.2 Å². The van der Waals surface area contributed by atoms with Gasteiger partial charge in [-0.25, -0.2) is 0 Å². The predicted molar refractivity (Wildman–Crippen MR) is 78.3 cm³/mol. The molecule has 0 aliphatic heterocycles. The fourth-order valence-corrected chi connectivity index (χ4v) is 2.29. The molecule has 2 heteroatoms. The Hall–Kier alpha value is -1.54. The van der Waals surface area contributed by atoms with Crippen molar-refractivity contribution in [2.45, 2.75) is 45.5 Å². The molecule has 2 unspecified atom stereocenters. The maximum atomic E-state index is 6.02. The first-order valence-corrected chi connectivity index (χ1v) is 6.90. The van der Waals surface area contributed by atoms with Crippen molar-refractivity contribution >= 4 is 0 Å². The van der Waals surface area contributed by atoms with Gasteiger partial charge >= 0.3 is 0 Å². The number of hydrogen-bond acceptors (Lipinski definition) is 2. The monoisotopic (exact) mass is 258 g/mol. The molecule has 0 bridgehead atoms. The van der Waals surface area contributed by atoms with Gasteiger partial charge in [-0.05, 0) is 38.3 Å². The largest absolute Gasteiger partial charge is 0.465 e. The Morgan fingerprint density at radius 1 is 1.26 bits per heavy atom. The van der Waals surface area contributed by atoms with E-state index in [1.54, 1.807) is 0 Å². The molecule has 102 valence electrons. The standard InChI is InChI=1S/C17H22O2/c1-4-15-10-6-7-11-16(15)18-14(2)19-17(3)12-8-5-9-13-17/h5-12,14H,4,13H2,1-3H3. The lowest BCUT2D eigenvalue weighted by Gasteiger charge is -2.30. The Bertz CT molecular complexity index is 476. The maximum absolute atomic E-state index is 6.02. The highest BCUT2D eigenvalue weighted by Crippen LogP contribution is 2.26. The maximum Gasteiger partial charge on any atom is 0.197 e. The number of rotatable bonds is 5. The summed E-state index contributed by atoms with van der Waals surface area (Å²) < 4.78 is 11.9. The highest BCUT2D eigenvalue weighted by atomic mass is 16.7. The predicted octanol–water partition coefficient (Wildman–Crippen LogP) is 4.27. The van der Waals surface area contributed by atoms with Crippen LogP contribution in [0.5, 0.6) is 5.75 Å². The van der Waals surface area contributed by atoms with Gasteiger partial charge in [-0.2, -0.15) is 0 Å². The summed E-state index contributed by atoms with van der Waals surface area (Å²) >= 11 is 0. The first kappa shape index (κ1) is 13.9. The molecule has 0 radical (unpaired) electrons. The fourth-order valence-electron chi connectivity index (χ4n) is 2.29. The zero-order valence-electron chi connectivity index (χ0n) is 11.9. The van der Waals surface area contributed by atoms with E-state index in [-0.39, 0.29) is 11.9 Å². The van der Waals surface area contributed by atoms with Crippen LogP contribution in [0.15, 0.2) is 48.6 Å². The quantitative estimate of drug-likeness (QED) is 0.734. The average molecular weight is 258 g/mol. The summed E-state index contributed by atoms with van der Waals surface area (Å²) in [6.45, 7) is 6.16. The van der Waals surface area contributed by atoms with Crippen LogP contribution in [-0.4, -0.2) is 11.9 Å². The van der Waals surface area contributed by atoms with E-state index in [0.29, 0.717) is 0 Å². The zero-order chi connectivity index (χ0) is 13.7. The Balaban J connectivity index is 1.99. The van der Waals surface area contributed by atoms with Gasteiger partial charge in [0, 0.05) is 0 Å². The summed E-state index contributed by atoms with van der Waals surface area (Å²) in [6.07, 6.45) is 9.84. The van der Waals surface area contributed by atoms with E-state index in [1.807, 2.05) is 37.3 Å². The number of ether oxygens (including phenoxy) is 2. The summed E-state index contributed by atoms with van der Waals surface area (Å²) in [4.78, 5) is 0. The number of para-hydroxylation sites is 1. The van der Waals surface area contributed by atoms with E-state index >= 15 is 0 Å². The summed E-state index contributed by atoms with van der Waals surface area (Å²) in [6, 6.07) is 8.12. The summed E-state index contributed by atoms with van der Waals surface area (Å²) in [5.74, 6) is 0.913. The third-order valence-electron chi connectivity index (χ3n) is 3.30. The summed E-state index contributed by atoms with van der Waals surface area (Å²) in [7, 11) is 0. The van der Waals surface area contributed by atoms with Crippen LogP contribution in [0.25, 0.3) is 0 Å². The van der Waals surface area contributed by atoms with E-state index in [1.165, 1.54) is 5.56 Å². The molecule has 1 aliphatic rings. The third-order valence-corrected chi connectivity index (χ3v) is 3.30. The van der Waals surface area contributed by atoms with Gasteiger partial charge in [0.05, 0.1) is 5.60 Å². The van der Waals surface area contributed by atoms with Gasteiger partial charge in [-0.3, -0.25) is 0 Å². The first-order chi connectivity index (χ1) is 9.13. The van der Waals surface area contributed by atoms with E-state index in [2.05, 4.69) is 32.1 Å². The van der Waals surface area contributed by atoms with Gasteiger partial charge in [0.2, 0.25) is 0 Å². The molecule has 2 rings (SSSR count). The van der Waals surface area contributed by atoms with Gasteiger partial charge in [0.1, 0.15) is 5.75 Å². The van der Waals surface area contributed by atoms with Crippen molar-refractivity contribution in [1.29, 1.82) is 0 Å². The van der Waals surface area contributed by atoms with Gasteiger partial charge in [-0.1, -0.05) is 49.4 Å². The minimum atomic E-state index is -0.270. The Labute approximate surface area is 115 Å². The van der Waals surface area contributed by atoms with E-state index in [4.69, 9.17) is 9.47 Å². The van der Waals surface area contributed by atoms with Crippen molar-refractivity contribution in [3.8, 4) is 5.75 Å². The second-order valence-corrected chi connectivity index (χ2v) is 5.07. The van der Waals surface area contributed by atoms with Crippen LogP contribution >= 0.6 is 0 Å². The SMILES string of the molecule is CCc1ccccc1OC(C)OC1(C)C=CC=CC1. The normalized spacial score (nSPS) is 23.3. The van der Waals surface area contributed by atoms with E-state index in [9.17, 15) is 0 Å². The molecule has 1 aromatic carbocycles. The molecule has 19 heavy (non-hydrogen) atoms. The van der Waals surface area contributed by atoms with Crippen LogP contribution in [0, 0.1) is 0 Å². The molecule has 2 atom stereocenters. The molecule has 2 nitrogen and oxygen atoms in total. The molecule has 0 saturated heterocycles. The van der Waals surface area contributed by atoms with Crippen LogP contribution in [0.4, 0.5) is 0 Å². The molecule has 0 aromatic heterocycles. The lowest BCUT2D eigenvalue weighted by Crippen LogP contribution is -2.33. The molecular weight excluding hydrogens is 236 g/mol. The van der Waals surface area contributed by atoms with E-state index in [0.717, 1.165) is 18.6 Å². The topological polar surface area (TPSA) is 18.5 Å². The molecule has 1 aliphatic carbocycles. The molecule has 0 N–H and O–H groups in total. The Morgan fingerprint density at radius 2 is 2.05 bits per heavy atom. The number of aryl methyl sites for hydroxylation is 1. The molecule has 1 aromatic rings. The first-order valence-electron chi connectivity index (χ1n) is 6.90. The smallest absolute Gasteiger partial charge is 0.197 e. The number of benzene rings is 1.